The number of phenols is 2. The molecule has 1 aromatic carbocycles. The summed E-state index contributed by atoms with van der Waals surface area (Å²) in [5, 5.41) is 19.6. The Hall–Kier alpha value is -3.86. The fourth-order valence-corrected chi connectivity index (χ4v) is 5.55. The first-order valence-electron chi connectivity index (χ1n) is 11.0. The monoisotopic (exact) mass is 497 g/mol. The lowest BCUT2D eigenvalue weighted by atomic mass is 9.97. The maximum absolute atomic E-state index is 13.3. The summed E-state index contributed by atoms with van der Waals surface area (Å²) >= 11 is 0. The molecule has 1 saturated heterocycles. The summed E-state index contributed by atoms with van der Waals surface area (Å²) in [6.45, 7) is 6.78. The smallest absolute Gasteiger partial charge is 0.268 e. The number of anilines is 2. The Bertz CT molecular complexity index is 1410. The summed E-state index contributed by atoms with van der Waals surface area (Å²) in [5.41, 5.74) is 6.41. The zero-order chi connectivity index (χ0) is 25.5. The van der Waals surface area contributed by atoms with E-state index < -0.39 is 15.9 Å². The highest BCUT2D eigenvalue weighted by Gasteiger charge is 2.39. The van der Waals surface area contributed by atoms with Gasteiger partial charge in [-0.2, -0.15) is 0 Å². The van der Waals surface area contributed by atoms with Crippen molar-refractivity contribution in [2.75, 3.05) is 17.2 Å². The Morgan fingerprint density at radius 3 is 2.54 bits per heavy atom. The van der Waals surface area contributed by atoms with Crippen molar-refractivity contribution in [3.63, 3.8) is 0 Å². The lowest BCUT2D eigenvalue weighted by molar-refractivity contribution is 0.0981. The number of hydrogen-bond donors (Lipinski definition) is 4. The molecule has 3 heterocycles. The first-order chi connectivity index (χ1) is 16.4. The van der Waals surface area contributed by atoms with Crippen molar-refractivity contribution in [2.45, 2.75) is 37.6 Å². The molecule has 184 valence electrons. The summed E-state index contributed by atoms with van der Waals surface area (Å²) in [4.78, 5) is 23.4. The van der Waals surface area contributed by atoms with Crippen molar-refractivity contribution >= 4 is 27.6 Å². The van der Waals surface area contributed by atoms with E-state index in [9.17, 15) is 23.4 Å². The number of sulfonamides is 1. The van der Waals surface area contributed by atoms with E-state index in [-0.39, 0.29) is 33.3 Å². The molecule has 0 unspecified atom stereocenters. The lowest BCUT2D eigenvalue weighted by Crippen LogP contribution is -2.41. The number of hydrogen-bond acceptors (Lipinski definition) is 9. The molecule has 1 amide bonds. The molecule has 0 aliphatic carbocycles. The number of benzene rings is 1. The minimum Gasteiger partial charge on any atom is -0.504 e. The molecule has 35 heavy (non-hydrogen) atoms. The van der Waals surface area contributed by atoms with Gasteiger partial charge in [0.2, 0.25) is 0 Å². The summed E-state index contributed by atoms with van der Waals surface area (Å²) in [7, 11) is -4.28. The van der Waals surface area contributed by atoms with Gasteiger partial charge in [-0.1, -0.05) is 6.92 Å². The van der Waals surface area contributed by atoms with E-state index in [1.165, 1.54) is 36.5 Å². The zero-order valence-corrected chi connectivity index (χ0v) is 20.4. The average molecular weight is 498 g/mol. The third-order valence-corrected chi connectivity index (χ3v) is 7.41. The van der Waals surface area contributed by atoms with Gasteiger partial charge in [0.1, 0.15) is 16.5 Å². The fraction of sp³-hybridized carbons (Fsp3) is 0.292. The molecule has 1 fully saturated rings. The van der Waals surface area contributed by atoms with Gasteiger partial charge in [0.25, 0.3) is 15.9 Å². The molecule has 11 heteroatoms. The number of carbonyl (C=O) groups excluding carboxylic acids is 1. The van der Waals surface area contributed by atoms with Gasteiger partial charge in [0, 0.05) is 23.8 Å². The number of nitrogens with one attached hydrogen (secondary N) is 1. The van der Waals surface area contributed by atoms with Crippen LogP contribution in [-0.2, 0) is 10.0 Å². The molecule has 1 atom stereocenters. The van der Waals surface area contributed by atoms with Crippen LogP contribution in [0.4, 0.5) is 11.6 Å². The third kappa shape index (κ3) is 4.72. The van der Waals surface area contributed by atoms with E-state index in [0.29, 0.717) is 29.5 Å². The van der Waals surface area contributed by atoms with Crippen LogP contribution in [0.5, 0.6) is 11.5 Å². The van der Waals surface area contributed by atoms with Gasteiger partial charge in [-0.3, -0.25) is 4.79 Å². The molecule has 10 nitrogen and oxygen atoms in total. The van der Waals surface area contributed by atoms with Crippen molar-refractivity contribution in [3.05, 3.63) is 54.2 Å². The largest absolute Gasteiger partial charge is 0.504 e. The summed E-state index contributed by atoms with van der Waals surface area (Å²) < 4.78 is 27.8. The van der Waals surface area contributed by atoms with Crippen LogP contribution in [0.1, 0.15) is 37.6 Å². The van der Waals surface area contributed by atoms with Crippen molar-refractivity contribution in [3.8, 4) is 22.8 Å². The molecule has 4 rings (SSSR count). The van der Waals surface area contributed by atoms with E-state index in [2.05, 4.69) is 16.6 Å². The van der Waals surface area contributed by atoms with Crippen molar-refractivity contribution in [1.29, 1.82) is 0 Å². The van der Waals surface area contributed by atoms with Crippen molar-refractivity contribution in [1.82, 2.24) is 14.7 Å². The molecular formula is C24H27N5O5S. The minimum absolute atomic E-state index is 0.0740. The number of carbonyl (C=O) groups is 1. The predicted octanol–water partition coefficient (Wildman–Crippen LogP) is 2.88. The number of pyridine rings is 2. The van der Waals surface area contributed by atoms with Crippen LogP contribution in [0.25, 0.3) is 11.3 Å². The van der Waals surface area contributed by atoms with Crippen LogP contribution in [0, 0.1) is 5.92 Å². The first kappa shape index (κ1) is 24.3. The van der Waals surface area contributed by atoms with Crippen LogP contribution in [0.15, 0.2) is 53.6 Å². The summed E-state index contributed by atoms with van der Waals surface area (Å²) in [5.74, 6) is -1.00. The predicted molar refractivity (Wildman–Crippen MR) is 132 cm³/mol. The maximum atomic E-state index is 13.3. The second kappa shape index (κ2) is 8.73. The Morgan fingerprint density at radius 1 is 1.17 bits per heavy atom. The van der Waals surface area contributed by atoms with Gasteiger partial charge < -0.3 is 20.8 Å². The van der Waals surface area contributed by atoms with Crippen molar-refractivity contribution < 1.29 is 23.4 Å². The van der Waals surface area contributed by atoms with Crippen LogP contribution in [0.2, 0.25) is 0 Å². The number of rotatable bonds is 5. The Kier molecular flexibility index (Phi) is 6.05. The van der Waals surface area contributed by atoms with E-state index in [1.807, 2.05) is 18.7 Å². The van der Waals surface area contributed by atoms with Gasteiger partial charge in [-0.15, -0.1) is 0 Å². The van der Waals surface area contributed by atoms with Crippen LogP contribution >= 0.6 is 0 Å². The van der Waals surface area contributed by atoms with E-state index >= 15 is 0 Å². The zero-order valence-electron chi connectivity index (χ0n) is 19.6. The molecule has 0 spiro atoms. The average Bonchev–Trinajstić information content (AvgIpc) is 3.06. The fourth-order valence-electron chi connectivity index (χ4n) is 4.50. The number of amides is 1. The Labute approximate surface area is 203 Å². The highest BCUT2D eigenvalue weighted by Crippen LogP contribution is 2.39. The first-order valence-corrected chi connectivity index (χ1v) is 12.5. The quantitative estimate of drug-likeness (QED) is 0.389. The molecule has 0 radical (unpaired) electrons. The van der Waals surface area contributed by atoms with Crippen LogP contribution in [-0.4, -0.2) is 46.6 Å². The van der Waals surface area contributed by atoms with Crippen LogP contribution in [0.3, 0.4) is 0 Å². The molecular weight excluding hydrogens is 470 g/mol. The van der Waals surface area contributed by atoms with E-state index in [1.54, 1.807) is 12.1 Å². The Morgan fingerprint density at radius 2 is 1.91 bits per heavy atom. The van der Waals surface area contributed by atoms with E-state index in [4.69, 9.17) is 10.7 Å². The molecule has 1 aliphatic heterocycles. The normalized spacial score (nSPS) is 17.3. The second-order valence-electron chi connectivity index (χ2n) is 9.32. The maximum Gasteiger partial charge on any atom is 0.268 e. The molecule has 5 N–H and O–H groups in total. The second-order valence-corrected chi connectivity index (χ2v) is 11.0. The molecule has 2 aromatic heterocycles. The summed E-state index contributed by atoms with van der Waals surface area (Å²) in [6.07, 6.45) is 2.21. The van der Waals surface area contributed by atoms with Gasteiger partial charge in [-0.25, -0.2) is 23.1 Å². The van der Waals surface area contributed by atoms with Gasteiger partial charge >= 0.3 is 0 Å². The number of nitrogen functional groups attached to an aromatic ring is 1. The number of aromatic nitrogens is 2. The van der Waals surface area contributed by atoms with Gasteiger partial charge in [0.15, 0.2) is 11.5 Å². The number of nitrogens with two attached hydrogens (primary N) is 1. The van der Waals surface area contributed by atoms with Crippen molar-refractivity contribution in [2.24, 2.45) is 5.92 Å². The minimum atomic E-state index is -4.28. The van der Waals surface area contributed by atoms with Gasteiger partial charge in [-0.05, 0) is 68.7 Å². The van der Waals surface area contributed by atoms with Crippen LogP contribution < -0.4 is 15.4 Å². The Balaban J connectivity index is 1.79. The van der Waals surface area contributed by atoms with Gasteiger partial charge in [0.05, 0.1) is 11.3 Å². The highest BCUT2D eigenvalue weighted by atomic mass is 32.2. The SMILES string of the molecule is C[C@@H]1CN(c2nc(-c3ccc(O)c(O)c3)ccc2C(=O)NS(=O)(=O)c2cccnc2N)C(C)(C)C1. The third-order valence-electron chi connectivity index (χ3n) is 6.04. The molecule has 0 saturated carbocycles. The highest BCUT2D eigenvalue weighted by molar-refractivity contribution is 7.90. The lowest BCUT2D eigenvalue weighted by Gasteiger charge is -2.34. The summed E-state index contributed by atoms with van der Waals surface area (Å²) in [6, 6.07) is 10.0. The topological polar surface area (TPSA) is 159 Å². The molecule has 3 aromatic rings. The number of phenolic OH excluding ortho intramolecular Hbond substituents is 2. The standard InChI is InChI=1S/C24H27N5O5S/c1-14-12-24(2,3)29(13-14)22-16(7-8-17(27-22)15-6-9-18(30)19(31)11-15)23(32)28-35(33,34)20-5-4-10-26-21(20)25/h4-11,14,30-31H,12-13H2,1-3H3,(H2,25,26)(H,28,32)/t14-/m0/s1. The number of nitrogens with zero attached hydrogens (tertiary/aromatic N) is 3. The number of aromatic hydroxyl groups is 2. The van der Waals surface area contributed by atoms with E-state index in [0.717, 1.165) is 6.42 Å². The molecule has 1 aliphatic rings. The molecule has 0 bridgehead atoms.